The van der Waals surface area contributed by atoms with Crippen molar-refractivity contribution < 1.29 is 23.7 Å². The summed E-state index contributed by atoms with van der Waals surface area (Å²) >= 11 is 0. The van der Waals surface area contributed by atoms with Gasteiger partial charge in [0.2, 0.25) is 0 Å². The summed E-state index contributed by atoms with van der Waals surface area (Å²) in [5.41, 5.74) is 0. The molecule has 0 spiro atoms. The first-order valence-electron chi connectivity index (χ1n) is 7.54. The van der Waals surface area contributed by atoms with E-state index in [0.717, 1.165) is 52.1 Å². The molecule has 4 heterocycles. The van der Waals surface area contributed by atoms with Crippen LogP contribution < -0.4 is 0 Å². The molecule has 0 aliphatic carbocycles. The van der Waals surface area contributed by atoms with Crippen molar-refractivity contribution in [3.05, 3.63) is 0 Å². The maximum atomic E-state index is 6.37. The molecular weight excluding hydrogens is 248 g/mol. The van der Waals surface area contributed by atoms with Crippen LogP contribution in [0.25, 0.3) is 0 Å². The summed E-state index contributed by atoms with van der Waals surface area (Å²) in [6, 6.07) is 0. The van der Waals surface area contributed by atoms with Crippen LogP contribution in [-0.2, 0) is 23.7 Å². The minimum absolute atomic E-state index is 0.0564. The van der Waals surface area contributed by atoms with Gasteiger partial charge in [0.15, 0.2) is 0 Å². The fraction of sp³-hybridized carbons (Fsp3) is 1.00. The molecule has 0 radical (unpaired) electrons. The third-order valence-corrected chi connectivity index (χ3v) is 4.43. The molecular formula is C14H22O5. The summed E-state index contributed by atoms with van der Waals surface area (Å²) in [7, 11) is 0. The zero-order valence-electron chi connectivity index (χ0n) is 11.2. The minimum Gasteiger partial charge on any atom is -0.375 e. The molecule has 0 aromatic carbocycles. The molecule has 108 valence electrons. The van der Waals surface area contributed by atoms with Gasteiger partial charge in [0.05, 0.1) is 25.4 Å². The van der Waals surface area contributed by atoms with Gasteiger partial charge >= 0.3 is 0 Å². The van der Waals surface area contributed by atoms with Crippen molar-refractivity contribution in [3.8, 4) is 0 Å². The zero-order chi connectivity index (χ0) is 12.7. The first-order valence-corrected chi connectivity index (χ1v) is 7.54. The largest absolute Gasteiger partial charge is 0.375 e. The third kappa shape index (κ3) is 2.81. The molecule has 4 aliphatic heterocycles. The normalized spacial score (nSPS) is 44.2. The lowest BCUT2D eigenvalue weighted by molar-refractivity contribution is -0.137. The molecule has 0 bridgehead atoms. The summed E-state index contributed by atoms with van der Waals surface area (Å²) in [6.07, 6.45) is 5.33. The molecule has 4 rings (SSSR count). The van der Waals surface area contributed by atoms with Gasteiger partial charge < -0.3 is 23.7 Å². The van der Waals surface area contributed by atoms with E-state index in [2.05, 4.69) is 0 Å². The molecule has 5 heteroatoms. The second kappa shape index (κ2) is 5.30. The van der Waals surface area contributed by atoms with Crippen LogP contribution in [0, 0.1) is 0 Å². The zero-order valence-corrected chi connectivity index (χ0v) is 11.2. The van der Waals surface area contributed by atoms with Gasteiger partial charge in [-0.05, 0) is 25.7 Å². The number of hydrogen-bond donors (Lipinski definition) is 0. The van der Waals surface area contributed by atoms with Crippen LogP contribution in [-0.4, -0.2) is 63.1 Å². The second-order valence-electron chi connectivity index (χ2n) is 5.91. The standard InChI is InChI=1S/C14H22O5/c1-3-9(15-5-1)13(11-7-17-11)19-14(12-8-18-12)10-4-2-6-16-10/h9-14H,1-8H2. The van der Waals surface area contributed by atoms with Crippen LogP contribution in [0.1, 0.15) is 25.7 Å². The van der Waals surface area contributed by atoms with Crippen LogP contribution in [0.2, 0.25) is 0 Å². The smallest absolute Gasteiger partial charge is 0.113 e. The summed E-state index contributed by atoms with van der Waals surface area (Å²) in [5, 5.41) is 0. The number of epoxide rings is 2. The molecule has 0 N–H and O–H groups in total. The van der Waals surface area contributed by atoms with Crippen LogP contribution in [0.5, 0.6) is 0 Å². The maximum Gasteiger partial charge on any atom is 0.113 e. The predicted octanol–water partition coefficient (Wildman–Crippen LogP) is 0.896. The van der Waals surface area contributed by atoms with Crippen molar-refractivity contribution in [1.82, 2.24) is 0 Å². The molecule has 5 nitrogen and oxygen atoms in total. The van der Waals surface area contributed by atoms with Crippen LogP contribution in [0.15, 0.2) is 0 Å². The first-order chi connectivity index (χ1) is 9.42. The summed E-state index contributed by atoms with van der Waals surface area (Å²) in [6.45, 7) is 3.30. The molecule has 4 fully saturated rings. The lowest BCUT2D eigenvalue weighted by atomic mass is 10.0. The van der Waals surface area contributed by atoms with E-state index in [-0.39, 0.29) is 36.6 Å². The monoisotopic (exact) mass is 270 g/mol. The van der Waals surface area contributed by atoms with E-state index in [1.807, 2.05) is 0 Å². The van der Waals surface area contributed by atoms with E-state index in [9.17, 15) is 0 Å². The Kier molecular flexibility index (Phi) is 3.49. The van der Waals surface area contributed by atoms with Gasteiger partial charge in [-0.2, -0.15) is 0 Å². The van der Waals surface area contributed by atoms with Crippen LogP contribution in [0.4, 0.5) is 0 Å². The molecule has 6 atom stereocenters. The predicted molar refractivity (Wildman–Crippen MR) is 66.1 cm³/mol. The van der Waals surface area contributed by atoms with Crippen molar-refractivity contribution in [3.63, 3.8) is 0 Å². The second-order valence-corrected chi connectivity index (χ2v) is 5.91. The summed E-state index contributed by atoms with van der Waals surface area (Å²) in [5.74, 6) is 0. The Labute approximate surface area is 113 Å². The summed E-state index contributed by atoms with van der Waals surface area (Å²) in [4.78, 5) is 0. The maximum absolute atomic E-state index is 6.37. The highest BCUT2D eigenvalue weighted by Crippen LogP contribution is 2.34. The van der Waals surface area contributed by atoms with Gasteiger partial charge in [-0.3, -0.25) is 0 Å². The molecule has 0 aromatic rings. The van der Waals surface area contributed by atoms with Gasteiger partial charge in [-0.15, -0.1) is 0 Å². The Hall–Kier alpha value is -0.200. The van der Waals surface area contributed by atoms with E-state index < -0.39 is 0 Å². The quantitative estimate of drug-likeness (QED) is 0.671. The van der Waals surface area contributed by atoms with Gasteiger partial charge in [-0.25, -0.2) is 0 Å². The average molecular weight is 270 g/mol. The van der Waals surface area contributed by atoms with E-state index >= 15 is 0 Å². The highest BCUT2D eigenvalue weighted by Gasteiger charge is 2.48. The lowest BCUT2D eigenvalue weighted by Gasteiger charge is -2.29. The Morgan fingerprint density at radius 3 is 1.47 bits per heavy atom. The fourth-order valence-corrected chi connectivity index (χ4v) is 3.22. The SMILES string of the molecule is C1COC(C(OC(C2CCCO2)C2CO2)C2CO2)C1. The number of ether oxygens (including phenoxy) is 5. The molecule has 19 heavy (non-hydrogen) atoms. The Morgan fingerprint density at radius 1 is 0.684 bits per heavy atom. The molecule has 4 aliphatic rings. The van der Waals surface area contributed by atoms with E-state index in [1.54, 1.807) is 0 Å². The van der Waals surface area contributed by atoms with Crippen LogP contribution >= 0.6 is 0 Å². The average Bonchev–Trinajstić information content (AvgIpc) is 3.32. The van der Waals surface area contributed by atoms with Crippen molar-refractivity contribution in [1.29, 1.82) is 0 Å². The fourth-order valence-electron chi connectivity index (χ4n) is 3.22. The van der Waals surface area contributed by atoms with Crippen molar-refractivity contribution >= 4 is 0 Å². The third-order valence-electron chi connectivity index (χ3n) is 4.43. The van der Waals surface area contributed by atoms with E-state index in [4.69, 9.17) is 23.7 Å². The van der Waals surface area contributed by atoms with Gasteiger partial charge in [0.1, 0.15) is 24.4 Å². The highest BCUT2D eigenvalue weighted by atomic mass is 16.7. The van der Waals surface area contributed by atoms with Gasteiger partial charge in [0, 0.05) is 13.2 Å². The van der Waals surface area contributed by atoms with Crippen molar-refractivity contribution in [2.24, 2.45) is 0 Å². The number of rotatable bonds is 6. The molecule has 4 saturated heterocycles. The summed E-state index contributed by atoms with van der Waals surface area (Å²) < 4.78 is 28.9. The van der Waals surface area contributed by atoms with Gasteiger partial charge in [0.25, 0.3) is 0 Å². The van der Waals surface area contributed by atoms with Gasteiger partial charge in [-0.1, -0.05) is 0 Å². The minimum atomic E-state index is 0.0564. The Bertz CT molecular complexity index is 273. The Balaban J connectivity index is 1.43. The Morgan fingerprint density at radius 2 is 1.16 bits per heavy atom. The molecule has 6 unspecified atom stereocenters. The van der Waals surface area contributed by atoms with Crippen molar-refractivity contribution in [2.75, 3.05) is 26.4 Å². The highest BCUT2D eigenvalue weighted by molar-refractivity contribution is 4.94. The van der Waals surface area contributed by atoms with Crippen molar-refractivity contribution in [2.45, 2.75) is 62.3 Å². The first kappa shape index (κ1) is 12.5. The molecule has 0 amide bonds. The van der Waals surface area contributed by atoms with E-state index in [0.29, 0.717) is 0 Å². The molecule has 0 saturated carbocycles. The molecule has 0 aromatic heterocycles. The topological polar surface area (TPSA) is 52.8 Å². The van der Waals surface area contributed by atoms with E-state index in [1.165, 1.54) is 0 Å². The lowest BCUT2D eigenvalue weighted by Crippen LogP contribution is -2.43. The van der Waals surface area contributed by atoms with Crippen LogP contribution in [0.3, 0.4) is 0 Å². The number of hydrogen-bond acceptors (Lipinski definition) is 5.